The fraction of sp³-hybridized carbons (Fsp3) is 0.923. The molecule has 0 aromatic heterocycles. The van der Waals surface area contributed by atoms with Crippen LogP contribution in [0.3, 0.4) is 0 Å². The molecule has 100 valence electrons. The van der Waals surface area contributed by atoms with Gasteiger partial charge in [-0.05, 0) is 33.7 Å². The molecule has 0 radical (unpaired) electrons. The van der Waals surface area contributed by atoms with Crippen molar-refractivity contribution in [3.63, 3.8) is 0 Å². The molecule has 4 nitrogen and oxygen atoms in total. The fourth-order valence-electron chi connectivity index (χ4n) is 2.11. The Morgan fingerprint density at radius 1 is 1.35 bits per heavy atom. The molecule has 1 aliphatic rings. The first-order valence-corrected chi connectivity index (χ1v) is 6.62. The molecule has 0 aliphatic heterocycles. The molecule has 4 heteroatoms. The van der Waals surface area contributed by atoms with Crippen molar-refractivity contribution in [1.29, 1.82) is 0 Å². The molecule has 1 amide bonds. The molecule has 0 spiro atoms. The van der Waals surface area contributed by atoms with E-state index in [2.05, 4.69) is 19.2 Å². The monoisotopic (exact) mass is 242 g/mol. The summed E-state index contributed by atoms with van der Waals surface area (Å²) < 4.78 is 0. The third-order valence-corrected chi connectivity index (χ3v) is 3.67. The van der Waals surface area contributed by atoms with Gasteiger partial charge in [-0.25, -0.2) is 0 Å². The molecular weight excluding hydrogens is 216 g/mol. The van der Waals surface area contributed by atoms with Gasteiger partial charge in [0.2, 0.25) is 5.91 Å². The van der Waals surface area contributed by atoms with E-state index in [0.29, 0.717) is 19.1 Å². The highest BCUT2D eigenvalue weighted by Gasteiger charge is 2.29. The summed E-state index contributed by atoms with van der Waals surface area (Å²) in [5.74, 6) is 0.000184. The summed E-state index contributed by atoms with van der Waals surface area (Å²) in [7, 11) is 1.93. The lowest BCUT2D eigenvalue weighted by molar-refractivity contribution is -0.124. The molecular formula is C13H26N2O2. The van der Waals surface area contributed by atoms with Crippen LogP contribution in [0.5, 0.6) is 0 Å². The normalized spacial score (nSPS) is 19.6. The van der Waals surface area contributed by atoms with Gasteiger partial charge in [0.25, 0.3) is 0 Å². The van der Waals surface area contributed by atoms with Crippen LogP contribution in [0.25, 0.3) is 0 Å². The lowest BCUT2D eigenvalue weighted by atomic mass is 9.85. The van der Waals surface area contributed by atoms with Crippen LogP contribution in [-0.2, 0) is 4.79 Å². The summed E-state index contributed by atoms with van der Waals surface area (Å²) in [5.41, 5.74) is -0.662. The van der Waals surface area contributed by atoms with Crippen LogP contribution in [0.2, 0.25) is 0 Å². The van der Waals surface area contributed by atoms with Crippen LogP contribution in [0.4, 0.5) is 0 Å². The standard InChI is InChI=1S/C13H26N2O2/c1-11(2)15(3)9-12(16)14-10-13(17)7-5-4-6-8-13/h11,17H,4-10H2,1-3H3,(H,14,16). The Kier molecular flexibility index (Phi) is 5.40. The number of carbonyl (C=O) groups is 1. The molecule has 1 saturated carbocycles. The zero-order chi connectivity index (χ0) is 12.9. The van der Waals surface area contributed by atoms with Crippen molar-refractivity contribution >= 4 is 5.91 Å². The minimum Gasteiger partial charge on any atom is -0.388 e. The largest absolute Gasteiger partial charge is 0.388 e. The van der Waals surface area contributed by atoms with Gasteiger partial charge in [-0.15, -0.1) is 0 Å². The fourth-order valence-corrected chi connectivity index (χ4v) is 2.11. The van der Waals surface area contributed by atoms with Gasteiger partial charge in [0.05, 0.1) is 12.1 Å². The van der Waals surface area contributed by atoms with Crippen LogP contribution in [-0.4, -0.2) is 47.7 Å². The molecule has 0 aromatic rings. The van der Waals surface area contributed by atoms with E-state index >= 15 is 0 Å². The maximum Gasteiger partial charge on any atom is 0.234 e. The summed E-state index contributed by atoms with van der Waals surface area (Å²) in [5, 5.41) is 13.1. The molecule has 1 aliphatic carbocycles. The van der Waals surface area contributed by atoms with Gasteiger partial charge < -0.3 is 10.4 Å². The minimum absolute atomic E-state index is 0.000184. The summed E-state index contributed by atoms with van der Waals surface area (Å²) in [6.45, 7) is 4.91. The number of hydrogen-bond donors (Lipinski definition) is 2. The molecule has 0 aromatic carbocycles. The summed E-state index contributed by atoms with van der Waals surface area (Å²) in [6, 6.07) is 0.360. The van der Waals surface area contributed by atoms with Crippen molar-refractivity contribution in [3.05, 3.63) is 0 Å². The van der Waals surface area contributed by atoms with Gasteiger partial charge in [-0.3, -0.25) is 9.69 Å². The Morgan fingerprint density at radius 3 is 2.47 bits per heavy atom. The molecule has 2 N–H and O–H groups in total. The van der Waals surface area contributed by atoms with Crippen molar-refractivity contribution in [1.82, 2.24) is 10.2 Å². The Bertz CT molecular complexity index is 248. The Balaban J connectivity index is 2.27. The van der Waals surface area contributed by atoms with Gasteiger partial charge in [0.15, 0.2) is 0 Å². The zero-order valence-electron chi connectivity index (χ0n) is 11.3. The molecule has 0 atom stereocenters. The lowest BCUT2D eigenvalue weighted by Crippen LogP contribution is -2.47. The van der Waals surface area contributed by atoms with Crippen molar-refractivity contribution < 1.29 is 9.90 Å². The first kappa shape index (κ1) is 14.5. The van der Waals surface area contributed by atoms with Crippen molar-refractivity contribution in [2.45, 2.75) is 57.6 Å². The van der Waals surface area contributed by atoms with Gasteiger partial charge in [0, 0.05) is 12.6 Å². The van der Waals surface area contributed by atoms with Gasteiger partial charge in [-0.2, -0.15) is 0 Å². The highest BCUT2D eigenvalue weighted by molar-refractivity contribution is 5.78. The van der Waals surface area contributed by atoms with Gasteiger partial charge in [0.1, 0.15) is 0 Å². The van der Waals surface area contributed by atoms with Crippen molar-refractivity contribution in [2.75, 3.05) is 20.1 Å². The average molecular weight is 242 g/mol. The van der Waals surface area contributed by atoms with E-state index in [9.17, 15) is 9.90 Å². The van der Waals surface area contributed by atoms with Crippen LogP contribution in [0.1, 0.15) is 46.0 Å². The second-order valence-electron chi connectivity index (χ2n) is 5.57. The predicted molar refractivity (Wildman–Crippen MR) is 68.8 cm³/mol. The smallest absolute Gasteiger partial charge is 0.234 e. The SMILES string of the molecule is CC(C)N(C)CC(=O)NCC1(O)CCCCC1. The van der Waals surface area contributed by atoms with Crippen LogP contribution in [0, 0.1) is 0 Å². The number of likely N-dealkylation sites (N-methyl/N-ethyl adjacent to an activating group) is 1. The molecule has 17 heavy (non-hydrogen) atoms. The second kappa shape index (κ2) is 6.36. The number of hydrogen-bond acceptors (Lipinski definition) is 3. The molecule has 0 heterocycles. The maximum atomic E-state index is 11.7. The molecule has 0 bridgehead atoms. The van der Waals surface area contributed by atoms with E-state index < -0.39 is 5.60 Å². The van der Waals surface area contributed by atoms with Crippen molar-refractivity contribution in [3.8, 4) is 0 Å². The molecule has 0 saturated heterocycles. The Morgan fingerprint density at radius 2 is 1.94 bits per heavy atom. The highest BCUT2D eigenvalue weighted by atomic mass is 16.3. The molecule has 1 fully saturated rings. The molecule has 0 unspecified atom stereocenters. The number of aliphatic hydroxyl groups is 1. The third kappa shape index (κ3) is 5.04. The van der Waals surface area contributed by atoms with E-state index in [1.165, 1.54) is 6.42 Å². The predicted octanol–water partition coefficient (Wildman–Crippen LogP) is 1.14. The van der Waals surface area contributed by atoms with E-state index in [-0.39, 0.29) is 5.91 Å². The van der Waals surface area contributed by atoms with E-state index in [1.807, 2.05) is 11.9 Å². The first-order valence-electron chi connectivity index (χ1n) is 6.62. The average Bonchev–Trinajstić information content (AvgIpc) is 2.27. The number of rotatable bonds is 5. The first-order chi connectivity index (χ1) is 7.93. The minimum atomic E-state index is -0.662. The van der Waals surface area contributed by atoms with Crippen LogP contribution < -0.4 is 5.32 Å². The maximum absolute atomic E-state index is 11.7. The van der Waals surface area contributed by atoms with Crippen LogP contribution in [0.15, 0.2) is 0 Å². The summed E-state index contributed by atoms with van der Waals surface area (Å²) in [6.07, 6.45) is 4.96. The second-order valence-corrected chi connectivity index (χ2v) is 5.57. The number of amides is 1. The van der Waals surface area contributed by atoms with Crippen molar-refractivity contribution in [2.24, 2.45) is 0 Å². The number of nitrogens with zero attached hydrogens (tertiary/aromatic N) is 1. The zero-order valence-corrected chi connectivity index (χ0v) is 11.3. The van der Waals surface area contributed by atoms with Gasteiger partial charge >= 0.3 is 0 Å². The summed E-state index contributed by atoms with van der Waals surface area (Å²) in [4.78, 5) is 13.7. The lowest BCUT2D eigenvalue weighted by Gasteiger charge is -2.32. The quantitative estimate of drug-likeness (QED) is 0.760. The van der Waals surface area contributed by atoms with E-state index in [1.54, 1.807) is 0 Å². The Labute approximate surface area is 104 Å². The highest BCUT2D eigenvalue weighted by Crippen LogP contribution is 2.27. The Hall–Kier alpha value is -0.610. The summed E-state index contributed by atoms with van der Waals surface area (Å²) >= 11 is 0. The topological polar surface area (TPSA) is 52.6 Å². The number of carbonyl (C=O) groups excluding carboxylic acids is 1. The number of nitrogens with one attached hydrogen (secondary N) is 1. The third-order valence-electron chi connectivity index (χ3n) is 3.67. The van der Waals surface area contributed by atoms with Crippen LogP contribution >= 0.6 is 0 Å². The van der Waals surface area contributed by atoms with E-state index in [4.69, 9.17) is 0 Å². The molecule has 1 rings (SSSR count). The van der Waals surface area contributed by atoms with E-state index in [0.717, 1.165) is 25.7 Å². The van der Waals surface area contributed by atoms with Gasteiger partial charge in [-0.1, -0.05) is 19.3 Å².